The Morgan fingerprint density at radius 3 is 1.06 bits per heavy atom. The largest absolute Gasteiger partial charge is 0.392 e. The van der Waals surface area contributed by atoms with E-state index in [1.165, 1.54) is 16.7 Å². The average Bonchev–Trinajstić information content (AvgIpc) is 4.02. The summed E-state index contributed by atoms with van der Waals surface area (Å²) in [7, 11) is 0. The van der Waals surface area contributed by atoms with Crippen LogP contribution in [0.5, 0.6) is 0 Å². The monoisotopic (exact) mass is 686 g/mol. The Kier molecular flexibility index (Phi) is 8.06. The number of benzene rings is 4. The molecular weight excluding hydrogens is 649 g/mol. The number of aromatic amines is 2. The first-order valence-corrected chi connectivity index (χ1v) is 18.0. The molecule has 8 bridgehead atoms. The van der Waals surface area contributed by atoms with Crippen LogP contribution in [0.4, 0.5) is 0 Å². The second kappa shape index (κ2) is 13.2. The van der Waals surface area contributed by atoms with Crippen molar-refractivity contribution >= 4 is 46.4 Å². The Bertz CT molecular complexity index is 2600. The molecule has 0 spiro atoms. The highest BCUT2D eigenvalue weighted by Gasteiger charge is 2.19. The standard InChI is InChI=1S/C48H38N4O/c1-29-4-12-33(13-5-29)45-37-20-22-39(49-37)46(34-14-6-30(2)7-15-34)41-24-26-43(51-41)48(36-18-10-32(28-53)11-19-36)44-27-25-42(52-44)47(40-23-21-38(45)50-40)35-16-8-31(3)9-17-35/h4-27,51-53H,28H2,1-3H3. The molecule has 5 heterocycles. The maximum absolute atomic E-state index is 9.84. The predicted octanol–water partition coefficient (Wildman–Crippen LogP) is 11.7. The van der Waals surface area contributed by atoms with Crippen molar-refractivity contribution in [2.45, 2.75) is 27.4 Å². The molecule has 0 saturated carbocycles. The number of H-pyrrole nitrogens is 2. The smallest absolute Gasteiger partial charge is 0.0738 e. The van der Waals surface area contributed by atoms with Gasteiger partial charge in [0.1, 0.15) is 0 Å². The lowest BCUT2D eigenvalue weighted by Crippen LogP contribution is -1.91. The van der Waals surface area contributed by atoms with Crippen molar-refractivity contribution in [3.8, 4) is 44.5 Å². The lowest BCUT2D eigenvalue weighted by atomic mass is 10.0. The molecule has 3 N–H and O–H groups in total. The fourth-order valence-corrected chi connectivity index (χ4v) is 7.36. The molecule has 0 radical (unpaired) electrons. The fourth-order valence-electron chi connectivity index (χ4n) is 7.36. The summed E-state index contributed by atoms with van der Waals surface area (Å²) in [5, 5.41) is 9.84. The number of hydrogen-bond acceptors (Lipinski definition) is 3. The second-order valence-electron chi connectivity index (χ2n) is 14.0. The molecule has 0 saturated heterocycles. The summed E-state index contributed by atoms with van der Waals surface area (Å²) < 4.78 is 0. The number of nitrogens with one attached hydrogen (secondary N) is 2. The van der Waals surface area contributed by atoms with Gasteiger partial charge in [0.25, 0.3) is 0 Å². The summed E-state index contributed by atoms with van der Waals surface area (Å²) in [5.74, 6) is 0. The minimum Gasteiger partial charge on any atom is -0.392 e. The number of aliphatic hydroxyl groups excluding tert-OH is 1. The molecule has 2 aliphatic rings. The Morgan fingerprint density at radius 1 is 0.377 bits per heavy atom. The predicted molar refractivity (Wildman–Crippen MR) is 221 cm³/mol. The zero-order valence-electron chi connectivity index (χ0n) is 29.9. The van der Waals surface area contributed by atoms with Crippen LogP contribution >= 0.6 is 0 Å². The molecule has 0 aliphatic carbocycles. The van der Waals surface area contributed by atoms with E-state index >= 15 is 0 Å². The second-order valence-corrected chi connectivity index (χ2v) is 14.0. The van der Waals surface area contributed by atoms with Gasteiger partial charge in [0.2, 0.25) is 0 Å². The van der Waals surface area contributed by atoms with Crippen LogP contribution in [0, 0.1) is 20.8 Å². The van der Waals surface area contributed by atoms with Crippen LogP contribution < -0.4 is 0 Å². The average molecular weight is 687 g/mol. The Balaban J connectivity index is 1.46. The fraction of sp³-hybridized carbons (Fsp3) is 0.0833. The van der Waals surface area contributed by atoms with Gasteiger partial charge in [0, 0.05) is 44.3 Å². The molecule has 256 valence electrons. The molecule has 0 fully saturated rings. The minimum absolute atomic E-state index is 0.00895. The van der Waals surface area contributed by atoms with E-state index < -0.39 is 0 Å². The van der Waals surface area contributed by atoms with Crippen molar-refractivity contribution in [2.24, 2.45) is 0 Å². The van der Waals surface area contributed by atoms with Gasteiger partial charge < -0.3 is 15.1 Å². The van der Waals surface area contributed by atoms with Crippen molar-refractivity contribution in [3.05, 3.63) is 166 Å². The highest BCUT2D eigenvalue weighted by molar-refractivity contribution is 6.00. The quantitative estimate of drug-likeness (QED) is 0.169. The summed E-state index contributed by atoms with van der Waals surface area (Å²) in [4.78, 5) is 18.4. The molecule has 0 atom stereocenters. The van der Waals surface area contributed by atoms with E-state index in [1.54, 1.807) is 0 Å². The number of nitrogens with zero attached hydrogens (tertiary/aromatic N) is 2. The van der Waals surface area contributed by atoms with Gasteiger partial charge in [0.05, 0.1) is 29.4 Å². The minimum atomic E-state index is -0.00895. The van der Waals surface area contributed by atoms with Gasteiger partial charge in [-0.2, -0.15) is 0 Å². The first-order valence-electron chi connectivity index (χ1n) is 18.0. The third-order valence-corrected chi connectivity index (χ3v) is 10.2. The SMILES string of the molecule is Cc1ccc(-c2c3nc(c(-c4ccc(C)cc4)c4ccc([nH]4)c(-c4ccc(CO)cc4)c4ccc([nH]4)c(-c4ccc(C)cc4)c4nc2C=C4)C=C3)cc1. The first kappa shape index (κ1) is 32.4. The number of rotatable bonds is 5. The van der Waals surface area contributed by atoms with E-state index in [9.17, 15) is 5.11 Å². The van der Waals surface area contributed by atoms with E-state index in [1.807, 2.05) is 12.1 Å². The molecule has 5 nitrogen and oxygen atoms in total. The van der Waals surface area contributed by atoms with E-state index in [0.29, 0.717) is 0 Å². The van der Waals surface area contributed by atoms with E-state index in [0.717, 1.165) is 94.9 Å². The van der Waals surface area contributed by atoms with Gasteiger partial charge in [-0.1, -0.05) is 114 Å². The molecule has 53 heavy (non-hydrogen) atoms. The zero-order valence-corrected chi connectivity index (χ0v) is 29.9. The van der Waals surface area contributed by atoms with Crippen LogP contribution in [0.1, 0.15) is 45.0 Å². The summed E-state index contributed by atoms with van der Waals surface area (Å²) in [6.45, 7) is 6.32. The zero-order chi connectivity index (χ0) is 36.1. The molecule has 0 unspecified atom stereocenters. The van der Waals surface area contributed by atoms with Gasteiger partial charge in [0.15, 0.2) is 0 Å². The Labute approximate surface area is 308 Å². The third kappa shape index (κ3) is 6.01. The van der Waals surface area contributed by atoms with Crippen LogP contribution in [0.25, 0.3) is 90.9 Å². The third-order valence-electron chi connectivity index (χ3n) is 10.2. The number of aromatic nitrogens is 4. The highest BCUT2D eigenvalue weighted by atomic mass is 16.3. The Morgan fingerprint density at radius 2 is 0.679 bits per heavy atom. The van der Waals surface area contributed by atoms with Crippen molar-refractivity contribution in [3.63, 3.8) is 0 Å². The van der Waals surface area contributed by atoms with Crippen molar-refractivity contribution in [2.75, 3.05) is 0 Å². The maximum atomic E-state index is 9.84. The molecule has 0 amide bonds. The summed E-state index contributed by atoms with van der Waals surface area (Å²) in [5.41, 5.74) is 20.1. The van der Waals surface area contributed by atoms with Crippen LogP contribution in [-0.2, 0) is 6.61 Å². The van der Waals surface area contributed by atoms with Crippen LogP contribution in [0.2, 0.25) is 0 Å². The maximum Gasteiger partial charge on any atom is 0.0738 e. The lowest BCUT2D eigenvalue weighted by Gasteiger charge is -2.08. The van der Waals surface area contributed by atoms with E-state index in [2.05, 4.69) is 164 Å². The van der Waals surface area contributed by atoms with Crippen LogP contribution in [-0.4, -0.2) is 25.0 Å². The number of fused-ring (bicyclic) bond motifs is 8. The van der Waals surface area contributed by atoms with Crippen molar-refractivity contribution in [1.82, 2.24) is 19.9 Å². The molecule has 3 aromatic heterocycles. The van der Waals surface area contributed by atoms with Gasteiger partial charge in [-0.3, -0.25) is 0 Å². The van der Waals surface area contributed by atoms with Gasteiger partial charge in [-0.25, -0.2) is 9.97 Å². The van der Waals surface area contributed by atoms with Gasteiger partial charge in [-0.05, 0) is 97.2 Å². The number of aliphatic hydroxyl groups is 1. The molecule has 5 heteroatoms. The van der Waals surface area contributed by atoms with Gasteiger partial charge in [-0.15, -0.1) is 0 Å². The number of aryl methyl sites for hydroxylation is 3. The lowest BCUT2D eigenvalue weighted by molar-refractivity contribution is 0.282. The Hall–Kier alpha value is -6.56. The normalized spacial score (nSPS) is 12.1. The highest BCUT2D eigenvalue weighted by Crippen LogP contribution is 2.38. The molecule has 7 aromatic rings. The van der Waals surface area contributed by atoms with E-state index in [4.69, 9.17) is 9.97 Å². The summed E-state index contributed by atoms with van der Waals surface area (Å²) in [6.07, 6.45) is 8.49. The number of hydrogen-bond donors (Lipinski definition) is 3. The molecular formula is C48H38N4O. The topological polar surface area (TPSA) is 77.6 Å². The molecule has 2 aliphatic heterocycles. The van der Waals surface area contributed by atoms with E-state index in [-0.39, 0.29) is 6.61 Å². The van der Waals surface area contributed by atoms with Gasteiger partial charge >= 0.3 is 0 Å². The first-order chi connectivity index (χ1) is 25.9. The van der Waals surface area contributed by atoms with Crippen LogP contribution in [0.15, 0.2) is 121 Å². The molecule has 4 aromatic carbocycles. The molecule has 9 rings (SSSR count). The summed E-state index contributed by atoms with van der Waals surface area (Å²) >= 11 is 0. The van der Waals surface area contributed by atoms with Crippen LogP contribution in [0.3, 0.4) is 0 Å². The summed E-state index contributed by atoms with van der Waals surface area (Å²) in [6, 6.07) is 42.7. The van der Waals surface area contributed by atoms with Crippen molar-refractivity contribution in [1.29, 1.82) is 0 Å². The van der Waals surface area contributed by atoms with Crippen molar-refractivity contribution < 1.29 is 5.11 Å².